The van der Waals surface area contributed by atoms with Gasteiger partial charge >= 0.3 is 0 Å². The molecule has 0 bridgehead atoms. The van der Waals surface area contributed by atoms with E-state index >= 15 is 0 Å². The monoisotopic (exact) mass is 324 g/mol. The molecular formula is C25H24. The summed E-state index contributed by atoms with van der Waals surface area (Å²) in [6.45, 7) is 8.98. The van der Waals surface area contributed by atoms with Gasteiger partial charge in [-0.25, -0.2) is 0 Å². The fourth-order valence-corrected chi connectivity index (χ4v) is 3.56. The first-order valence-corrected chi connectivity index (χ1v) is 8.96. The molecular weight excluding hydrogens is 300 g/mol. The average molecular weight is 324 g/mol. The minimum absolute atomic E-state index is 0.143. The third-order valence-corrected chi connectivity index (χ3v) is 5.07. The molecule has 0 atom stereocenters. The predicted molar refractivity (Wildman–Crippen MR) is 110 cm³/mol. The Hall–Kier alpha value is -2.60. The zero-order valence-corrected chi connectivity index (χ0v) is 15.4. The number of hydrogen-bond acceptors (Lipinski definition) is 0. The lowest BCUT2D eigenvalue weighted by molar-refractivity contribution is 0.591. The van der Waals surface area contributed by atoms with Gasteiger partial charge in [0, 0.05) is 0 Å². The van der Waals surface area contributed by atoms with Crippen LogP contribution in [-0.2, 0) is 5.41 Å². The van der Waals surface area contributed by atoms with Crippen molar-refractivity contribution in [1.29, 1.82) is 0 Å². The van der Waals surface area contributed by atoms with Crippen LogP contribution in [0, 0.1) is 6.92 Å². The van der Waals surface area contributed by atoms with Gasteiger partial charge in [0.2, 0.25) is 0 Å². The molecule has 0 fully saturated rings. The third kappa shape index (κ3) is 2.82. The van der Waals surface area contributed by atoms with E-state index in [2.05, 4.69) is 100 Å². The second-order valence-electron chi connectivity index (χ2n) is 8.02. The van der Waals surface area contributed by atoms with Crippen LogP contribution >= 0.6 is 0 Å². The third-order valence-electron chi connectivity index (χ3n) is 5.07. The van der Waals surface area contributed by atoms with Gasteiger partial charge in [-0.1, -0.05) is 87.0 Å². The van der Waals surface area contributed by atoms with E-state index in [-0.39, 0.29) is 5.41 Å². The van der Waals surface area contributed by atoms with Gasteiger partial charge < -0.3 is 0 Å². The lowest BCUT2D eigenvalue weighted by atomic mass is 9.83. The summed E-state index contributed by atoms with van der Waals surface area (Å²) in [5.41, 5.74) is 5.45. The molecule has 0 radical (unpaired) electrons. The minimum atomic E-state index is 0.143. The van der Waals surface area contributed by atoms with Crippen LogP contribution in [0.15, 0.2) is 72.8 Å². The zero-order chi connectivity index (χ0) is 17.6. The van der Waals surface area contributed by atoms with Crippen LogP contribution in [0.25, 0.3) is 32.7 Å². The second kappa shape index (κ2) is 5.74. The summed E-state index contributed by atoms with van der Waals surface area (Å²) < 4.78 is 0. The van der Waals surface area contributed by atoms with Crippen LogP contribution in [-0.4, -0.2) is 0 Å². The lowest BCUT2D eigenvalue weighted by Gasteiger charge is -2.21. The Kier molecular flexibility index (Phi) is 3.65. The number of fused-ring (bicyclic) bond motifs is 2. The Labute approximate surface area is 150 Å². The molecule has 0 aliphatic rings. The molecule has 0 amide bonds. The highest BCUT2D eigenvalue weighted by Gasteiger charge is 2.16. The highest BCUT2D eigenvalue weighted by molar-refractivity contribution is 6.12. The summed E-state index contributed by atoms with van der Waals surface area (Å²) in [7, 11) is 0. The molecule has 0 nitrogen and oxygen atoms in total. The van der Waals surface area contributed by atoms with Crippen molar-refractivity contribution < 1.29 is 0 Å². The van der Waals surface area contributed by atoms with Crippen molar-refractivity contribution in [3.8, 4) is 11.1 Å². The topological polar surface area (TPSA) is 0 Å². The SMILES string of the molecule is Cc1ccc(-c2c3ccccc3cc3ccc(C(C)(C)C)cc23)cc1. The maximum atomic E-state index is 2.39. The smallest absolute Gasteiger partial charge is 0.00267 e. The van der Waals surface area contributed by atoms with Gasteiger partial charge in [0.25, 0.3) is 0 Å². The van der Waals surface area contributed by atoms with E-state index in [1.165, 1.54) is 43.8 Å². The van der Waals surface area contributed by atoms with Gasteiger partial charge in [0.1, 0.15) is 0 Å². The quantitative estimate of drug-likeness (QED) is 0.323. The Morgan fingerprint density at radius 3 is 2.04 bits per heavy atom. The van der Waals surface area contributed by atoms with Gasteiger partial charge in [0.15, 0.2) is 0 Å². The molecule has 0 saturated carbocycles. The molecule has 0 spiro atoms. The largest absolute Gasteiger partial charge is 0.0616 e. The average Bonchev–Trinajstić information content (AvgIpc) is 2.59. The molecule has 4 rings (SSSR count). The highest BCUT2D eigenvalue weighted by atomic mass is 14.2. The summed E-state index contributed by atoms with van der Waals surface area (Å²) in [6, 6.07) is 26.9. The Balaban J connectivity index is 2.14. The van der Waals surface area contributed by atoms with E-state index in [1.807, 2.05) is 0 Å². The number of hydrogen-bond donors (Lipinski definition) is 0. The molecule has 0 heterocycles. The van der Waals surface area contributed by atoms with Crippen LogP contribution in [0.1, 0.15) is 31.9 Å². The van der Waals surface area contributed by atoms with Gasteiger partial charge in [-0.3, -0.25) is 0 Å². The van der Waals surface area contributed by atoms with Crippen molar-refractivity contribution in [2.24, 2.45) is 0 Å². The molecule has 0 unspecified atom stereocenters. The molecule has 25 heavy (non-hydrogen) atoms. The molecule has 0 aromatic heterocycles. The van der Waals surface area contributed by atoms with Crippen molar-refractivity contribution in [3.63, 3.8) is 0 Å². The van der Waals surface area contributed by atoms with Gasteiger partial charge in [0.05, 0.1) is 0 Å². The Bertz CT molecular complexity index is 1060. The normalized spacial score (nSPS) is 12.0. The van der Waals surface area contributed by atoms with E-state index in [4.69, 9.17) is 0 Å². The van der Waals surface area contributed by atoms with E-state index < -0.39 is 0 Å². The Morgan fingerprint density at radius 2 is 1.32 bits per heavy atom. The molecule has 0 heteroatoms. The maximum Gasteiger partial charge on any atom is -0.00267 e. The first kappa shape index (κ1) is 15.9. The molecule has 124 valence electrons. The predicted octanol–water partition coefficient (Wildman–Crippen LogP) is 7.27. The fraction of sp³-hybridized carbons (Fsp3) is 0.200. The van der Waals surface area contributed by atoms with Crippen molar-refractivity contribution in [2.75, 3.05) is 0 Å². The molecule has 4 aromatic carbocycles. The number of aryl methyl sites for hydroxylation is 1. The summed E-state index contributed by atoms with van der Waals surface area (Å²) >= 11 is 0. The summed E-state index contributed by atoms with van der Waals surface area (Å²) in [5, 5.41) is 5.27. The summed E-state index contributed by atoms with van der Waals surface area (Å²) in [6.07, 6.45) is 0. The maximum absolute atomic E-state index is 2.39. The number of benzene rings is 4. The standard InChI is InChI=1S/C25H24/c1-17-9-11-18(12-10-17)24-22-8-6-5-7-19(22)15-20-13-14-21(16-23(20)24)25(2,3)4/h5-16H,1-4H3. The highest BCUT2D eigenvalue weighted by Crippen LogP contribution is 2.38. The van der Waals surface area contributed by atoms with Gasteiger partial charge in [-0.2, -0.15) is 0 Å². The van der Waals surface area contributed by atoms with E-state index in [9.17, 15) is 0 Å². The first-order chi connectivity index (χ1) is 11.9. The van der Waals surface area contributed by atoms with Crippen molar-refractivity contribution >= 4 is 21.5 Å². The lowest BCUT2D eigenvalue weighted by Crippen LogP contribution is -2.10. The van der Waals surface area contributed by atoms with Crippen molar-refractivity contribution in [1.82, 2.24) is 0 Å². The fourth-order valence-electron chi connectivity index (χ4n) is 3.56. The van der Waals surface area contributed by atoms with Gasteiger partial charge in [-0.05, 0) is 62.7 Å². The van der Waals surface area contributed by atoms with Crippen molar-refractivity contribution in [3.05, 3.63) is 83.9 Å². The zero-order valence-electron chi connectivity index (χ0n) is 15.4. The number of rotatable bonds is 1. The van der Waals surface area contributed by atoms with Crippen LogP contribution in [0.3, 0.4) is 0 Å². The van der Waals surface area contributed by atoms with E-state index in [0.717, 1.165) is 0 Å². The molecule has 0 saturated heterocycles. The molecule has 4 aromatic rings. The van der Waals surface area contributed by atoms with Gasteiger partial charge in [-0.15, -0.1) is 0 Å². The minimum Gasteiger partial charge on any atom is -0.0616 e. The van der Waals surface area contributed by atoms with Crippen LogP contribution in [0.4, 0.5) is 0 Å². The van der Waals surface area contributed by atoms with E-state index in [0.29, 0.717) is 0 Å². The molecule has 0 aliphatic heterocycles. The summed E-state index contributed by atoms with van der Waals surface area (Å²) in [5.74, 6) is 0. The van der Waals surface area contributed by atoms with Crippen molar-refractivity contribution in [2.45, 2.75) is 33.1 Å². The van der Waals surface area contributed by atoms with E-state index in [1.54, 1.807) is 0 Å². The molecule has 0 N–H and O–H groups in total. The first-order valence-electron chi connectivity index (χ1n) is 8.96. The van der Waals surface area contributed by atoms with Crippen LogP contribution in [0.2, 0.25) is 0 Å². The summed E-state index contributed by atoms with van der Waals surface area (Å²) in [4.78, 5) is 0. The van der Waals surface area contributed by atoms with Crippen LogP contribution < -0.4 is 0 Å². The second-order valence-corrected chi connectivity index (χ2v) is 8.02. The Morgan fingerprint density at radius 1 is 0.640 bits per heavy atom. The molecule has 0 aliphatic carbocycles. The van der Waals surface area contributed by atoms with Crippen LogP contribution in [0.5, 0.6) is 0 Å².